The van der Waals surface area contributed by atoms with E-state index in [1.54, 1.807) is 5.57 Å². The van der Waals surface area contributed by atoms with Gasteiger partial charge in [0.1, 0.15) is 0 Å². The number of allylic oxidation sites excluding steroid dienone is 16. The maximum atomic E-state index is 10.1. The van der Waals surface area contributed by atoms with Gasteiger partial charge in [-0.15, -0.1) is 0 Å². The van der Waals surface area contributed by atoms with Crippen LogP contribution in [0.15, 0.2) is 241 Å². The Labute approximate surface area is 627 Å². The number of rotatable bonds is 5. The molecule has 14 atom stereocenters. The van der Waals surface area contributed by atoms with E-state index in [-0.39, 0.29) is 24.2 Å². The molecule has 0 radical (unpaired) electrons. The van der Waals surface area contributed by atoms with Gasteiger partial charge in [-0.3, -0.25) is 0 Å². The standard InChI is InChI=1S/C16H22.2C15H20O.C15H18.C13H14O.C10H16.5O2S/c1-12-9-10-13(2)14(3)16(11-12)15-7-5-4-6-8-15;2*1-11-8-9-15(16)12(2)14(10-11)13-6-4-3-5-7-13;1-12-8-10-15(11-9-13(12)2)14-6-4-3-5-7-14;14-13-9-5-4-8-12(10-13)11-6-2-1-3-7-11;1-8-4-6-9(2)10(3)7-5-8;5*1-3-2/h4-8,11,13-14,16H,9-10H2,1-3H3;3-7,10,12,14-16H,8-9H2,1-2H3;3-7,10-12,15-16H,8-9H2,1-2H3;3-8,10-13H,9H2,1-2H3;1-4,6-8,10,13-14H,5,9H2;4-6,9-10H,7H2,1-3H3;;;;;/t13-,14-,16?;12-,14?,15+;11?,12-,15+;12-,13+;13-;9-,10+;;;;;/m100010...../s1. The molecule has 0 fully saturated rings. The van der Waals surface area contributed by atoms with Crippen molar-refractivity contribution in [3.05, 3.63) is 269 Å². The van der Waals surface area contributed by atoms with Gasteiger partial charge in [0.25, 0.3) is 0 Å². The van der Waals surface area contributed by atoms with Gasteiger partial charge in [-0.1, -0.05) is 298 Å². The van der Waals surface area contributed by atoms with Crippen molar-refractivity contribution in [2.45, 2.75) is 177 Å². The number of aliphatic hydroxyl groups excluding tert-OH is 3. The Morgan fingerprint density at radius 2 is 0.775 bits per heavy atom. The molecule has 0 bridgehead atoms. The fraction of sp³-hybridized carbons (Fsp3) is 0.429. The Morgan fingerprint density at radius 3 is 1.25 bits per heavy atom. The van der Waals surface area contributed by atoms with Gasteiger partial charge in [-0.25, -0.2) is 0 Å². The van der Waals surface area contributed by atoms with Crippen LogP contribution in [0.25, 0.3) is 16.7 Å². The van der Waals surface area contributed by atoms with Crippen LogP contribution < -0.4 is 0 Å². The highest BCUT2D eigenvalue weighted by Crippen LogP contribution is 2.39. The predicted octanol–water partition coefficient (Wildman–Crippen LogP) is 18.7. The number of aliphatic hydroxyl groups is 3. The maximum absolute atomic E-state index is 10.1. The second-order valence-corrected chi connectivity index (χ2v) is 27.5. The van der Waals surface area contributed by atoms with Gasteiger partial charge in [0.2, 0.25) is 0 Å². The summed E-state index contributed by atoms with van der Waals surface area (Å²) in [6.45, 7) is 27.1. The topological polar surface area (TPSA) is 231 Å². The molecule has 0 saturated heterocycles. The molecule has 0 amide bonds. The molecular weight excluding hydrogens is 1380 g/mol. The molecule has 0 heterocycles. The minimum absolute atomic E-state index is 0.182. The largest absolute Gasteiger partial charge is 0.393 e. The SMILES string of the molecule is CC1=CC(c2ccccc2)[C@H](C)[C@H](C)CC1.CC1=CC(c2ccccc2)[C@H](C)[C@H](O)CC1.CC1=CC[C@@H](C)[C@@H](C)C=C1.CC1C=C(c2ccccc2)[C@H](C)[C@H](O)CC1.C[C@@H]1CC=C(c2ccccc2)C=C[C@@H]1C.O=S=O.O=S=O.O=S=O.O=S=O.O=S=O.O[C@H]1C=C(c2ccccc2)C=CCC1. The van der Waals surface area contributed by atoms with Crippen molar-refractivity contribution < 1.29 is 57.4 Å². The Balaban J connectivity index is 0.000000590. The van der Waals surface area contributed by atoms with Crippen molar-refractivity contribution >= 4 is 74.6 Å². The summed E-state index contributed by atoms with van der Waals surface area (Å²) in [5.41, 5.74) is 14.7. The molecule has 6 aliphatic carbocycles. The highest BCUT2D eigenvalue weighted by molar-refractivity contribution is 7.52. The highest BCUT2D eigenvalue weighted by atomic mass is 32.1. The minimum Gasteiger partial charge on any atom is -0.393 e. The van der Waals surface area contributed by atoms with Crippen LogP contribution in [-0.2, 0) is 57.9 Å². The van der Waals surface area contributed by atoms with Crippen molar-refractivity contribution in [3.63, 3.8) is 0 Å². The Hall–Kier alpha value is -7.26. The van der Waals surface area contributed by atoms with Crippen LogP contribution in [0.3, 0.4) is 0 Å². The van der Waals surface area contributed by atoms with Gasteiger partial charge in [-0.2, -0.15) is 42.1 Å². The Bertz CT molecular complexity index is 3470. The van der Waals surface area contributed by atoms with Crippen LogP contribution in [0.2, 0.25) is 0 Å². The van der Waals surface area contributed by atoms with E-state index in [1.165, 1.54) is 75.8 Å². The first-order valence-electron chi connectivity index (χ1n) is 35.0. The van der Waals surface area contributed by atoms with E-state index in [9.17, 15) is 15.3 Å². The predicted molar refractivity (Wildman–Crippen MR) is 422 cm³/mol. The van der Waals surface area contributed by atoms with E-state index in [2.05, 4.69) is 271 Å². The van der Waals surface area contributed by atoms with Crippen LogP contribution in [0.4, 0.5) is 0 Å². The summed E-state index contributed by atoms with van der Waals surface area (Å²) < 4.78 is 82.9. The lowest BCUT2D eigenvalue weighted by Gasteiger charge is -2.25. The monoisotopic (exact) mass is 1490 g/mol. The summed E-state index contributed by atoms with van der Waals surface area (Å²) in [6, 6.07) is 52.6. The van der Waals surface area contributed by atoms with Crippen LogP contribution in [-0.4, -0.2) is 75.7 Å². The van der Waals surface area contributed by atoms with Crippen molar-refractivity contribution in [3.8, 4) is 0 Å². The van der Waals surface area contributed by atoms with Crippen molar-refractivity contribution in [1.29, 1.82) is 0 Å². The first kappa shape index (κ1) is 92.8. The highest BCUT2D eigenvalue weighted by Gasteiger charge is 2.28. The smallest absolute Gasteiger partial charge is 0.335 e. The first-order chi connectivity index (χ1) is 48.9. The fourth-order valence-corrected chi connectivity index (χ4v) is 12.3. The van der Waals surface area contributed by atoms with Crippen molar-refractivity contribution in [2.24, 2.45) is 53.3 Å². The molecule has 102 heavy (non-hydrogen) atoms. The molecular formula is C84H110O13S5. The summed E-state index contributed by atoms with van der Waals surface area (Å²) in [4.78, 5) is 0. The summed E-state index contributed by atoms with van der Waals surface area (Å²) in [5.74, 6) is 6.64. The molecule has 0 aliphatic heterocycles. The zero-order valence-corrected chi connectivity index (χ0v) is 65.6. The molecule has 5 aromatic carbocycles. The normalized spacial score (nSPS) is 25.0. The lowest BCUT2D eigenvalue weighted by molar-refractivity contribution is 0.104. The van der Waals surface area contributed by atoms with E-state index in [1.807, 2.05) is 36.4 Å². The van der Waals surface area contributed by atoms with Gasteiger partial charge in [-0.05, 0) is 183 Å². The van der Waals surface area contributed by atoms with Crippen molar-refractivity contribution in [1.82, 2.24) is 0 Å². The van der Waals surface area contributed by atoms with E-state index >= 15 is 0 Å². The zero-order chi connectivity index (χ0) is 76.2. The van der Waals surface area contributed by atoms with Crippen LogP contribution >= 0.6 is 0 Å². The maximum Gasteiger partial charge on any atom is 0.335 e. The third kappa shape index (κ3) is 38.3. The summed E-state index contributed by atoms with van der Waals surface area (Å²) >= 11 is -3.75. The van der Waals surface area contributed by atoms with Gasteiger partial charge < -0.3 is 15.3 Å². The quantitative estimate of drug-likeness (QED) is 0.139. The Morgan fingerprint density at radius 1 is 0.373 bits per heavy atom. The van der Waals surface area contributed by atoms with Crippen molar-refractivity contribution in [2.75, 3.05) is 0 Å². The summed E-state index contributed by atoms with van der Waals surface area (Å²) in [5, 5.41) is 29.7. The van der Waals surface area contributed by atoms with E-state index < -0.39 is 57.9 Å². The van der Waals surface area contributed by atoms with Gasteiger partial charge in [0, 0.05) is 17.8 Å². The van der Waals surface area contributed by atoms with E-state index in [0.29, 0.717) is 29.6 Å². The second-order valence-electron chi connectivity index (χ2n) is 26.8. The molecule has 3 N–H and O–H groups in total. The number of hydrogen-bond acceptors (Lipinski definition) is 13. The fourth-order valence-electron chi connectivity index (χ4n) is 12.3. The van der Waals surface area contributed by atoms with Gasteiger partial charge in [0.05, 0.1) is 18.3 Å². The first-order valence-corrected chi connectivity index (χ1v) is 38.4. The van der Waals surface area contributed by atoms with Gasteiger partial charge >= 0.3 is 57.9 Å². The average Bonchev–Trinajstić information content (AvgIpc) is 1.59. The third-order valence-corrected chi connectivity index (χ3v) is 19.4. The molecule has 5 aromatic rings. The Kier molecular flexibility index (Phi) is 51.1. The van der Waals surface area contributed by atoms with Crippen LogP contribution in [0.1, 0.15) is 187 Å². The molecule has 18 heteroatoms. The number of benzene rings is 5. The molecule has 11 rings (SSSR count). The number of hydrogen-bond donors (Lipinski definition) is 3. The molecule has 6 aliphatic rings. The average molecular weight is 1490 g/mol. The summed E-state index contributed by atoms with van der Waals surface area (Å²) in [6.07, 6.45) is 37.1. The molecule has 3 unspecified atom stereocenters. The van der Waals surface area contributed by atoms with Crippen LogP contribution in [0.5, 0.6) is 0 Å². The minimum atomic E-state index is -0.750. The third-order valence-electron chi connectivity index (χ3n) is 19.4. The van der Waals surface area contributed by atoms with Gasteiger partial charge in [0.15, 0.2) is 0 Å². The molecule has 0 aromatic heterocycles. The molecule has 0 saturated carbocycles. The molecule has 13 nitrogen and oxygen atoms in total. The molecule has 554 valence electrons. The van der Waals surface area contributed by atoms with Crippen LogP contribution in [0, 0.1) is 53.3 Å². The van der Waals surface area contributed by atoms with E-state index in [4.69, 9.17) is 42.1 Å². The lowest BCUT2D eigenvalue weighted by Crippen LogP contribution is -2.21. The lowest BCUT2D eigenvalue weighted by atomic mass is 9.80. The summed E-state index contributed by atoms with van der Waals surface area (Å²) in [7, 11) is 0. The van der Waals surface area contributed by atoms with E-state index in [0.717, 1.165) is 73.7 Å². The zero-order valence-electron chi connectivity index (χ0n) is 61.5. The second kappa shape index (κ2) is 56.2. The molecule has 0 spiro atoms.